The van der Waals surface area contributed by atoms with Crippen LogP contribution in [-0.4, -0.2) is 54.4 Å². The molecule has 0 aliphatic carbocycles. The smallest absolute Gasteiger partial charge is 0.188 e. The maximum atomic E-state index is 5.29. The molecule has 5 nitrogen and oxygen atoms in total. The van der Waals surface area contributed by atoms with Gasteiger partial charge in [-0.05, 0) is 12.2 Å². The first kappa shape index (κ1) is 12.7. The second kappa shape index (κ2) is 6.85. The van der Waals surface area contributed by atoms with Gasteiger partial charge in [0.1, 0.15) is 0 Å². The maximum absolute atomic E-state index is 5.29. The van der Waals surface area contributed by atoms with Gasteiger partial charge < -0.3 is 15.4 Å². The van der Waals surface area contributed by atoms with Crippen LogP contribution in [0.5, 0.6) is 0 Å². The molecule has 0 spiro atoms. The summed E-state index contributed by atoms with van der Waals surface area (Å²) in [6.07, 6.45) is 1.75. The largest absolute Gasteiger partial charge is 0.379 e. The summed E-state index contributed by atoms with van der Waals surface area (Å²) >= 11 is 6.71. The molecule has 1 aliphatic heterocycles. The molecule has 0 radical (unpaired) electrons. The van der Waals surface area contributed by atoms with Crippen molar-refractivity contribution in [2.75, 3.05) is 44.7 Å². The summed E-state index contributed by atoms with van der Waals surface area (Å²) in [6.45, 7) is 5.52. The first-order chi connectivity index (χ1) is 8.34. The van der Waals surface area contributed by atoms with E-state index >= 15 is 0 Å². The fourth-order valence-electron chi connectivity index (χ4n) is 1.58. The molecular formula is C10H16N4OS2. The van der Waals surface area contributed by atoms with Crippen LogP contribution in [0.15, 0.2) is 11.6 Å². The van der Waals surface area contributed by atoms with Crippen LogP contribution < -0.4 is 10.6 Å². The third kappa shape index (κ3) is 4.55. The first-order valence-corrected chi connectivity index (χ1v) is 6.88. The summed E-state index contributed by atoms with van der Waals surface area (Å²) in [5.41, 5.74) is 0. The quantitative estimate of drug-likeness (QED) is 0.789. The molecule has 0 unspecified atom stereocenters. The number of morpholine rings is 1. The van der Waals surface area contributed by atoms with E-state index in [1.165, 1.54) is 11.3 Å². The Hall–Kier alpha value is -0.760. The van der Waals surface area contributed by atoms with Crippen LogP contribution in [0.1, 0.15) is 0 Å². The first-order valence-electron chi connectivity index (χ1n) is 5.59. The van der Waals surface area contributed by atoms with Gasteiger partial charge in [-0.15, -0.1) is 11.3 Å². The van der Waals surface area contributed by atoms with Crippen LogP contribution in [0, 0.1) is 0 Å². The van der Waals surface area contributed by atoms with E-state index in [0.717, 1.165) is 44.5 Å². The fraction of sp³-hybridized carbons (Fsp3) is 0.600. The van der Waals surface area contributed by atoms with Crippen LogP contribution in [0.2, 0.25) is 0 Å². The predicted molar refractivity (Wildman–Crippen MR) is 73.6 cm³/mol. The molecule has 2 heterocycles. The minimum absolute atomic E-state index is 0.633. The van der Waals surface area contributed by atoms with Crippen molar-refractivity contribution in [3.05, 3.63) is 11.6 Å². The van der Waals surface area contributed by atoms with E-state index in [-0.39, 0.29) is 0 Å². The topological polar surface area (TPSA) is 49.4 Å². The van der Waals surface area contributed by atoms with Gasteiger partial charge >= 0.3 is 0 Å². The molecule has 2 N–H and O–H groups in total. The Kier molecular flexibility index (Phi) is 5.11. The third-order valence-corrected chi connectivity index (χ3v) is 3.41. The molecule has 0 amide bonds. The molecule has 94 valence electrons. The number of nitrogens with one attached hydrogen (secondary N) is 2. The van der Waals surface area contributed by atoms with Crippen molar-refractivity contribution in [2.45, 2.75) is 0 Å². The van der Waals surface area contributed by atoms with Gasteiger partial charge in [-0.3, -0.25) is 4.90 Å². The molecule has 2 rings (SSSR count). The van der Waals surface area contributed by atoms with Crippen LogP contribution in [-0.2, 0) is 4.74 Å². The van der Waals surface area contributed by atoms with Crippen LogP contribution in [0.3, 0.4) is 0 Å². The highest BCUT2D eigenvalue weighted by Crippen LogP contribution is 2.09. The van der Waals surface area contributed by atoms with E-state index in [1.54, 1.807) is 6.20 Å². The number of ether oxygens (including phenoxy) is 1. The average Bonchev–Trinajstić information content (AvgIpc) is 2.83. The van der Waals surface area contributed by atoms with Crippen molar-refractivity contribution in [3.63, 3.8) is 0 Å². The highest BCUT2D eigenvalue weighted by atomic mass is 32.1. The molecule has 0 aromatic carbocycles. The zero-order valence-electron chi connectivity index (χ0n) is 9.52. The van der Waals surface area contributed by atoms with E-state index in [9.17, 15) is 0 Å². The Balaban J connectivity index is 1.59. The Morgan fingerprint density at radius 3 is 3.06 bits per heavy atom. The summed E-state index contributed by atoms with van der Waals surface area (Å²) in [7, 11) is 0. The van der Waals surface area contributed by atoms with Crippen LogP contribution in [0.4, 0.5) is 5.13 Å². The van der Waals surface area contributed by atoms with Gasteiger partial charge in [-0.1, -0.05) is 0 Å². The second-order valence-corrected chi connectivity index (χ2v) is 4.97. The zero-order chi connectivity index (χ0) is 11.9. The lowest BCUT2D eigenvalue weighted by Crippen LogP contribution is -2.42. The molecule has 1 aromatic rings. The van der Waals surface area contributed by atoms with Crippen molar-refractivity contribution in [1.29, 1.82) is 0 Å². The van der Waals surface area contributed by atoms with Crippen molar-refractivity contribution in [1.82, 2.24) is 15.2 Å². The lowest BCUT2D eigenvalue weighted by Gasteiger charge is -2.26. The molecule has 1 aromatic heterocycles. The minimum atomic E-state index is 0.633. The number of aromatic nitrogens is 1. The summed E-state index contributed by atoms with van der Waals surface area (Å²) in [6, 6.07) is 0. The van der Waals surface area contributed by atoms with Crippen molar-refractivity contribution in [3.8, 4) is 0 Å². The normalized spacial score (nSPS) is 16.7. The zero-order valence-corrected chi connectivity index (χ0v) is 11.1. The lowest BCUT2D eigenvalue weighted by atomic mass is 10.4. The summed E-state index contributed by atoms with van der Waals surface area (Å²) in [4.78, 5) is 6.47. The molecule has 0 atom stereocenters. The fourth-order valence-corrected chi connectivity index (χ4v) is 2.38. The number of thiazole rings is 1. The number of nitrogens with zero attached hydrogens (tertiary/aromatic N) is 2. The number of anilines is 1. The minimum Gasteiger partial charge on any atom is -0.379 e. The summed E-state index contributed by atoms with van der Waals surface area (Å²) in [5, 5.41) is 9.59. The van der Waals surface area contributed by atoms with Gasteiger partial charge in [0.15, 0.2) is 10.2 Å². The molecule has 17 heavy (non-hydrogen) atoms. The maximum Gasteiger partial charge on any atom is 0.188 e. The molecule has 0 saturated carbocycles. The van der Waals surface area contributed by atoms with Gasteiger partial charge in [-0.2, -0.15) is 0 Å². The van der Waals surface area contributed by atoms with Crippen molar-refractivity contribution < 1.29 is 4.74 Å². The molecule has 7 heteroatoms. The molecule has 1 aliphatic rings. The molecule has 1 fully saturated rings. The Morgan fingerprint density at radius 1 is 1.53 bits per heavy atom. The molecule has 1 saturated heterocycles. The number of hydrogen-bond donors (Lipinski definition) is 2. The van der Waals surface area contributed by atoms with Gasteiger partial charge in [0.2, 0.25) is 0 Å². The van der Waals surface area contributed by atoms with Crippen molar-refractivity contribution in [2.24, 2.45) is 0 Å². The predicted octanol–water partition coefficient (Wildman–Crippen LogP) is 0.762. The molecule has 0 bridgehead atoms. The van der Waals surface area contributed by atoms with Crippen LogP contribution in [0.25, 0.3) is 0 Å². The standard InChI is InChI=1S/C10H16N4OS2/c16-9(13-10-12-2-8-17-10)11-1-3-14-4-6-15-7-5-14/h2,8H,1,3-7H2,(H2,11,12,13,16). The molecular weight excluding hydrogens is 256 g/mol. The summed E-state index contributed by atoms with van der Waals surface area (Å²) < 4.78 is 5.29. The van der Waals surface area contributed by atoms with E-state index in [1.807, 2.05) is 5.38 Å². The van der Waals surface area contributed by atoms with E-state index < -0.39 is 0 Å². The van der Waals surface area contributed by atoms with Gasteiger partial charge in [-0.25, -0.2) is 4.98 Å². The number of thiocarbonyl (C=S) groups is 1. The van der Waals surface area contributed by atoms with E-state index in [2.05, 4.69) is 20.5 Å². The average molecular weight is 272 g/mol. The van der Waals surface area contributed by atoms with Gasteiger partial charge in [0, 0.05) is 37.8 Å². The van der Waals surface area contributed by atoms with Crippen LogP contribution >= 0.6 is 23.6 Å². The SMILES string of the molecule is S=C(NCCN1CCOCC1)Nc1nccs1. The van der Waals surface area contributed by atoms with E-state index in [0.29, 0.717) is 5.11 Å². The lowest BCUT2D eigenvalue weighted by molar-refractivity contribution is 0.0389. The number of rotatable bonds is 4. The Bertz CT molecular complexity index is 338. The highest BCUT2D eigenvalue weighted by molar-refractivity contribution is 7.80. The third-order valence-electron chi connectivity index (χ3n) is 2.47. The second-order valence-electron chi connectivity index (χ2n) is 3.67. The van der Waals surface area contributed by atoms with E-state index in [4.69, 9.17) is 17.0 Å². The Morgan fingerprint density at radius 2 is 2.35 bits per heavy atom. The Labute approximate surface area is 110 Å². The van der Waals surface area contributed by atoms with Gasteiger partial charge in [0.25, 0.3) is 0 Å². The number of hydrogen-bond acceptors (Lipinski definition) is 5. The van der Waals surface area contributed by atoms with Crippen molar-refractivity contribution >= 4 is 33.8 Å². The monoisotopic (exact) mass is 272 g/mol. The highest BCUT2D eigenvalue weighted by Gasteiger charge is 2.09. The van der Waals surface area contributed by atoms with Gasteiger partial charge in [0.05, 0.1) is 13.2 Å². The summed E-state index contributed by atoms with van der Waals surface area (Å²) in [5.74, 6) is 0.